The summed E-state index contributed by atoms with van der Waals surface area (Å²) in [5.41, 5.74) is 1.04. The van der Waals surface area contributed by atoms with E-state index in [9.17, 15) is 0 Å². The highest BCUT2D eigenvalue weighted by molar-refractivity contribution is 9.10. The van der Waals surface area contributed by atoms with Gasteiger partial charge in [0.05, 0.1) is 14.7 Å². The van der Waals surface area contributed by atoms with Crippen LogP contribution in [0.1, 0.15) is 21.4 Å². The summed E-state index contributed by atoms with van der Waals surface area (Å²) in [5, 5.41) is 3.28. The van der Waals surface area contributed by atoms with Crippen molar-refractivity contribution < 1.29 is 0 Å². The number of nitrogens with one attached hydrogen (secondary N) is 1. The van der Waals surface area contributed by atoms with E-state index < -0.39 is 0 Å². The Morgan fingerprint density at radius 3 is 2.41 bits per heavy atom. The zero-order valence-corrected chi connectivity index (χ0v) is 13.9. The largest absolute Gasteiger partial charge is 0.309 e. The summed E-state index contributed by atoms with van der Waals surface area (Å²) in [7, 11) is 1.93. The molecule has 0 spiro atoms. The van der Waals surface area contributed by atoms with Crippen LogP contribution in [0.25, 0.3) is 0 Å². The third kappa shape index (κ3) is 2.88. The first-order chi connectivity index (χ1) is 8.02. The highest BCUT2D eigenvalue weighted by atomic mass is 79.9. The van der Waals surface area contributed by atoms with Gasteiger partial charge in [0.1, 0.15) is 0 Å². The van der Waals surface area contributed by atoms with Crippen molar-refractivity contribution in [3.63, 3.8) is 0 Å². The minimum absolute atomic E-state index is 0.0984. The summed E-state index contributed by atoms with van der Waals surface area (Å²) >= 11 is 18.9. The van der Waals surface area contributed by atoms with E-state index in [1.165, 1.54) is 21.1 Å². The number of thiophene rings is 2. The first-order valence-corrected chi connectivity index (χ1v) is 8.09. The smallest absolute Gasteiger partial charge is 0.0995 e. The monoisotopic (exact) mass is 369 g/mol. The van der Waals surface area contributed by atoms with Crippen LogP contribution in [0.3, 0.4) is 0 Å². The highest BCUT2D eigenvalue weighted by Gasteiger charge is 2.20. The lowest BCUT2D eigenvalue weighted by molar-refractivity contribution is 0.706. The first-order valence-electron chi connectivity index (χ1n) is 4.90. The van der Waals surface area contributed by atoms with Gasteiger partial charge in [0.2, 0.25) is 0 Å². The van der Waals surface area contributed by atoms with Gasteiger partial charge < -0.3 is 5.32 Å². The fourth-order valence-corrected chi connectivity index (χ4v) is 4.85. The van der Waals surface area contributed by atoms with E-state index in [-0.39, 0.29) is 6.04 Å². The second-order valence-electron chi connectivity index (χ2n) is 3.55. The van der Waals surface area contributed by atoms with E-state index in [2.05, 4.69) is 34.2 Å². The fourth-order valence-electron chi connectivity index (χ4n) is 1.62. The lowest BCUT2D eigenvalue weighted by Crippen LogP contribution is -2.16. The Morgan fingerprint density at radius 1 is 1.29 bits per heavy atom. The van der Waals surface area contributed by atoms with Crippen molar-refractivity contribution in [1.29, 1.82) is 0 Å². The van der Waals surface area contributed by atoms with Crippen molar-refractivity contribution in [2.75, 3.05) is 7.05 Å². The van der Waals surface area contributed by atoms with E-state index in [1.54, 1.807) is 11.3 Å². The van der Waals surface area contributed by atoms with E-state index in [1.807, 2.05) is 13.1 Å². The van der Waals surface area contributed by atoms with Gasteiger partial charge in [0.25, 0.3) is 0 Å². The molecule has 2 aromatic rings. The number of halogens is 3. The average molecular weight is 371 g/mol. The number of rotatable bonds is 3. The Kier molecular flexibility index (Phi) is 4.55. The second kappa shape index (κ2) is 5.59. The second-order valence-corrected chi connectivity index (χ2v) is 7.98. The van der Waals surface area contributed by atoms with Crippen molar-refractivity contribution in [1.82, 2.24) is 5.32 Å². The molecule has 1 N–H and O–H groups in total. The van der Waals surface area contributed by atoms with Crippen LogP contribution in [0.5, 0.6) is 0 Å². The minimum atomic E-state index is 0.0984. The molecule has 0 aliphatic rings. The van der Waals surface area contributed by atoms with Gasteiger partial charge in [-0.15, -0.1) is 22.7 Å². The van der Waals surface area contributed by atoms with Gasteiger partial charge in [0, 0.05) is 19.8 Å². The van der Waals surface area contributed by atoms with E-state index >= 15 is 0 Å². The zero-order valence-electron chi connectivity index (χ0n) is 9.18. The Hall–Kier alpha value is 0.420. The summed E-state index contributed by atoms with van der Waals surface area (Å²) in [6.45, 7) is 2.09. The maximum atomic E-state index is 6.20. The van der Waals surface area contributed by atoms with Crippen LogP contribution >= 0.6 is 61.8 Å². The molecule has 0 aromatic carbocycles. The Morgan fingerprint density at radius 2 is 2.00 bits per heavy atom. The van der Waals surface area contributed by atoms with E-state index in [4.69, 9.17) is 23.2 Å². The van der Waals surface area contributed by atoms with Crippen LogP contribution in [-0.2, 0) is 0 Å². The summed E-state index contributed by atoms with van der Waals surface area (Å²) in [4.78, 5) is 2.49. The molecule has 1 atom stereocenters. The maximum Gasteiger partial charge on any atom is 0.0995 e. The van der Waals surface area contributed by atoms with Gasteiger partial charge in [-0.3, -0.25) is 0 Å². The van der Waals surface area contributed by atoms with Gasteiger partial charge in [-0.05, 0) is 42.0 Å². The molecule has 17 heavy (non-hydrogen) atoms. The molecule has 2 rings (SSSR count). The molecule has 6 heteroatoms. The molecular formula is C11H10BrCl2NS2. The Balaban J connectivity index is 2.43. The molecule has 1 unspecified atom stereocenters. The van der Waals surface area contributed by atoms with Gasteiger partial charge in [-0.1, -0.05) is 23.2 Å². The predicted octanol–water partition coefficient (Wildman–Crippen LogP) is 5.50. The van der Waals surface area contributed by atoms with Crippen molar-refractivity contribution in [3.05, 3.63) is 40.6 Å². The van der Waals surface area contributed by atoms with Gasteiger partial charge in [0.15, 0.2) is 0 Å². The highest BCUT2D eigenvalue weighted by Crippen LogP contribution is 2.40. The lowest BCUT2D eigenvalue weighted by atomic mass is 10.1. The first kappa shape index (κ1) is 13.8. The summed E-state index contributed by atoms with van der Waals surface area (Å²) < 4.78 is 2.60. The molecule has 0 saturated carbocycles. The number of hydrogen-bond donors (Lipinski definition) is 1. The molecule has 92 valence electrons. The molecule has 0 saturated heterocycles. The van der Waals surface area contributed by atoms with Crippen molar-refractivity contribution >= 4 is 61.8 Å². The molecule has 2 aromatic heterocycles. The molecule has 0 amide bonds. The van der Waals surface area contributed by atoms with E-state index in [0.717, 1.165) is 18.7 Å². The third-order valence-corrected chi connectivity index (χ3v) is 6.16. The standard InChI is InChI=1S/C11H10BrCl2NS2/c1-5-7(12)4-8(16-5)10(15-2)6-3-9(13)17-11(6)14/h3-4,10,15H,1-2H3. The molecule has 1 nitrogen and oxygen atoms in total. The molecule has 0 fully saturated rings. The van der Waals surface area contributed by atoms with Crippen LogP contribution in [-0.4, -0.2) is 7.05 Å². The number of aryl methyl sites for hydroxylation is 1. The zero-order chi connectivity index (χ0) is 12.6. The third-order valence-electron chi connectivity index (χ3n) is 2.44. The van der Waals surface area contributed by atoms with Crippen LogP contribution < -0.4 is 5.32 Å². The quantitative estimate of drug-likeness (QED) is 0.752. The topological polar surface area (TPSA) is 12.0 Å². The molecule has 0 aliphatic carbocycles. The minimum Gasteiger partial charge on any atom is -0.309 e. The molecule has 0 radical (unpaired) electrons. The van der Waals surface area contributed by atoms with Crippen LogP contribution in [0, 0.1) is 6.92 Å². The van der Waals surface area contributed by atoms with Gasteiger partial charge >= 0.3 is 0 Å². The molecule has 0 bridgehead atoms. The summed E-state index contributed by atoms with van der Waals surface area (Å²) in [6.07, 6.45) is 0. The van der Waals surface area contributed by atoms with E-state index in [0.29, 0.717) is 0 Å². The normalized spacial score (nSPS) is 13.0. The maximum absolute atomic E-state index is 6.20. The van der Waals surface area contributed by atoms with Crippen molar-refractivity contribution in [2.45, 2.75) is 13.0 Å². The summed E-state index contributed by atoms with van der Waals surface area (Å²) in [5.74, 6) is 0. The van der Waals surface area contributed by atoms with Crippen LogP contribution in [0.2, 0.25) is 8.67 Å². The summed E-state index contributed by atoms with van der Waals surface area (Å²) in [6, 6.07) is 4.16. The molecule has 2 heterocycles. The van der Waals surface area contributed by atoms with Crippen molar-refractivity contribution in [2.24, 2.45) is 0 Å². The lowest BCUT2D eigenvalue weighted by Gasteiger charge is -2.13. The van der Waals surface area contributed by atoms with Gasteiger partial charge in [-0.25, -0.2) is 0 Å². The SMILES string of the molecule is CNC(c1cc(Br)c(C)s1)c1cc(Cl)sc1Cl. The van der Waals surface area contributed by atoms with Crippen molar-refractivity contribution in [3.8, 4) is 0 Å². The number of hydrogen-bond acceptors (Lipinski definition) is 3. The average Bonchev–Trinajstić information content (AvgIpc) is 2.74. The Labute approximate surface area is 127 Å². The molecular weight excluding hydrogens is 361 g/mol. The Bertz CT molecular complexity index is 516. The van der Waals surface area contributed by atoms with Crippen LogP contribution in [0.15, 0.2) is 16.6 Å². The molecule has 0 aliphatic heterocycles. The van der Waals surface area contributed by atoms with Crippen LogP contribution in [0.4, 0.5) is 0 Å². The predicted molar refractivity (Wildman–Crippen MR) is 82.0 cm³/mol. The fraction of sp³-hybridized carbons (Fsp3) is 0.273. The van der Waals surface area contributed by atoms with Gasteiger partial charge in [-0.2, -0.15) is 0 Å².